The highest BCUT2D eigenvalue weighted by Crippen LogP contribution is 2.66. The Kier molecular flexibility index (Phi) is 3.93. The molecule has 1 fully saturated rings. The molecule has 2 unspecified atom stereocenters. The smallest absolute Gasteiger partial charge is 0.205 e. The van der Waals surface area contributed by atoms with Crippen molar-refractivity contribution >= 4 is 10.8 Å². The molecule has 0 radical (unpaired) electrons. The van der Waals surface area contributed by atoms with E-state index in [-0.39, 0.29) is 30.9 Å². The number of aliphatic hydroxyl groups excluding tert-OH is 1. The van der Waals surface area contributed by atoms with Crippen molar-refractivity contribution in [1.82, 2.24) is 4.57 Å². The van der Waals surface area contributed by atoms with E-state index in [1.807, 2.05) is 31.2 Å². The number of nitriles is 1. The number of benzene rings is 2. The standard InChI is InChI=1S/C23H22N2O5/c1-22-17(29-2)11-23(30-22,9-10-26)19-18(22)20(27)25(21(19)28)16-8-7-13(12-24)14-5-3-4-6-15(14)16/h3-8,17,26-28H,9-11H2,1-2H3/t17-,22?,23?/m0/s1. The fraction of sp³-hybridized carbons (Fsp3) is 0.348. The van der Waals surface area contributed by atoms with Gasteiger partial charge in [0.25, 0.3) is 0 Å². The van der Waals surface area contributed by atoms with Gasteiger partial charge in [0.2, 0.25) is 11.8 Å². The van der Waals surface area contributed by atoms with Crippen molar-refractivity contribution in [3.8, 4) is 23.5 Å². The van der Waals surface area contributed by atoms with Crippen LogP contribution in [0.25, 0.3) is 16.5 Å². The van der Waals surface area contributed by atoms with Gasteiger partial charge in [-0.05, 0) is 19.1 Å². The molecule has 2 bridgehead atoms. The molecule has 3 heterocycles. The molecule has 154 valence electrons. The third-order valence-corrected chi connectivity index (χ3v) is 6.67. The molecule has 7 nitrogen and oxygen atoms in total. The second-order valence-electron chi connectivity index (χ2n) is 8.13. The molecule has 3 N–H and O–H groups in total. The lowest BCUT2D eigenvalue weighted by Gasteiger charge is -2.28. The molecule has 3 aromatic rings. The largest absolute Gasteiger partial charge is 0.494 e. The fourth-order valence-electron chi connectivity index (χ4n) is 5.39. The number of aromatic hydroxyl groups is 2. The molecule has 0 amide bonds. The summed E-state index contributed by atoms with van der Waals surface area (Å²) in [7, 11) is 1.59. The first kappa shape index (κ1) is 18.9. The van der Waals surface area contributed by atoms with Crippen LogP contribution in [0.1, 0.15) is 36.5 Å². The predicted molar refractivity (Wildman–Crippen MR) is 109 cm³/mol. The zero-order valence-corrected chi connectivity index (χ0v) is 16.7. The van der Waals surface area contributed by atoms with Crippen LogP contribution in [0.3, 0.4) is 0 Å². The molecule has 2 aromatic carbocycles. The molecule has 1 saturated heterocycles. The minimum Gasteiger partial charge on any atom is -0.494 e. The van der Waals surface area contributed by atoms with Crippen LogP contribution in [0.4, 0.5) is 0 Å². The Morgan fingerprint density at radius 1 is 1.17 bits per heavy atom. The number of hydrogen-bond donors (Lipinski definition) is 3. The number of rotatable bonds is 4. The zero-order valence-electron chi connectivity index (χ0n) is 16.7. The van der Waals surface area contributed by atoms with E-state index in [1.165, 1.54) is 4.57 Å². The topological polar surface area (TPSA) is 108 Å². The molecular formula is C23H22N2O5. The second-order valence-corrected chi connectivity index (χ2v) is 8.13. The number of methoxy groups -OCH3 is 1. The summed E-state index contributed by atoms with van der Waals surface area (Å²) in [6.07, 6.45) is 0.426. The van der Waals surface area contributed by atoms with Gasteiger partial charge in [0.1, 0.15) is 11.2 Å². The average Bonchev–Trinajstić information content (AvgIpc) is 3.29. The summed E-state index contributed by atoms with van der Waals surface area (Å²) in [4.78, 5) is 0. The summed E-state index contributed by atoms with van der Waals surface area (Å²) in [6, 6.07) is 13.0. The van der Waals surface area contributed by atoms with Gasteiger partial charge < -0.3 is 24.8 Å². The Morgan fingerprint density at radius 2 is 1.87 bits per heavy atom. The van der Waals surface area contributed by atoms with E-state index < -0.39 is 11.2 Å². The van der Waals surface area contributed by atoms with Crippen molar-refractivity contribution in [2.24, 2.45) is 0 Å². The van der Waals surface area contributed by atoms with Gasteiger partial charge in [0.15, 0.2) is 0 Å². The number of nitrogens with zero attached hydrogens (tertiary/aromatic N) is 2. The van der Waals surface area contributed by atoms with Crippen molar-refractivity contribution < 1.29 is 24.8 Å². The third-order valence-electron chi connectivity index (χ3n) is 6.67. The van der Waals surface area contributed by atoms with Gasteiger partial charge in [-0.1, -0.05) is 24.3 Å². The summed E-state index contributed by atoms with van der Waals surface area (Å²) in [5.41, 5.74) is 0.173. The first-order valence-electron chi connectivity index (χ1n) is 9.85. The Bertz CT molecular complexity index is 1210. The van der Waals surface area contributed by atoms with Crippen LogP contribution >= 0.6 is 0 Å². The van der Waals surface area contributed by atoms with Gasteiger partial charge in [-0.15, -0.1) is 0 Å². The fourth-order valence-corrected chi connectivity index (χ4v) is 5.39. The van der Waals surface area contributed by atoms with Crippen molar-refractivity contribution in [2.45, 2.75) is 37.1 Å². The maximum atomic E-state index is 11.3. The van der Waals surface area contributed by atoms with Crippen LogP contribution in [0.15, 0.2) is 36.4 Å². The Morgan fingerprint density at radius 3 is 2.53 bits per heavy atom. The summed E-state index contributed by atoms with van der Waals surface area (Å²) >= 11 is 0. The third kappa shape index (κ3) is 2.13. The van der Waals surface area contributed by atoms with Crippen LogP contribution in [0, 0.1) is 11.3 Å². The van der Waals surface area contributed by atoms with Crippen LogP contribution < -0.4 is 0 Å². The summed E-state index contributed by atoms with van der Waals surface area (Å²) < 4.78 is 13.4. The molecule has 5 rings (SSSR count). The first-order valence-corrected chi connectivity index (χ1v) is 9.85. The van der Waals surface area contributed by atoms with Gasteiger partial charge in [-0.3, -0.25) is 4.57 Å². The van der Waals surface area contributed by atoms with Crippen molar-refractivity contribution in [3.05, 3.63) is 53.1 Å². The molecule has 0 aliphatic carbocycles. The minimum atomic E-state index is -0.950. The lowest BCUT2D eigenvalue weighted by atomic mass is 9.76. The zero-order chi connectivity index (χ0) is 21.3. The Hall–Kier alpha value is -3.05. The summed E-state index contributed by atoms with van der Waals surface area (Å²) in [5, 5.41) is 43.2. The monoisotopic (exact) mass is 406 g/mol. The number of fused-ring (bicyclic) bond motifs is 6. The van der Waals surface area contributed by atoms with E-state index in [0.29, 0.717) is 28.8 Å². The number of aliphatic hydroxyl groups is 1. The van der Waals surface area contributed by atoms with Crippen molar-refractivity contribution in [1.29, 1.82) is 5.26 Å². The summed E-state index contributed by atoms with van der Waals surface area (Å²) in [6.45, 7) is 1.71. The molecular weight excluding hydrogens is 384 g/mol. The number of hydrogen-bond acceptors (Lipinski definition) is 6. The van der Waals surface area contributed by atoms with Crippen molar-refractivity contribution in [3.63, 3.8) is 0 Å². The van der Waals surface area contributed by atoms with E-state index in [0.717, 1.165) is 10.8 Å². The SMILES string of the molecule is CO[C@H]1CC2(CCO)OC1(C)c1c2c(O)n(-c2ccc(C#N)c3ccccc23)c1O. The number of ether oxygens (including phenoxy) is 2. The van der Waals surface area contributed by atoms with Crippen LogP contribution in [-0.2, 0) is 20.7 Å². The highest BCUT2D eigenvalue weighted by atomic mass is 16.6. The molecule has 7 heteroatoms. The molecule has 2 aliphatic heterocycles. The minimum absolute atomic E-state index is 0.121. The van der Waals surface area contributed by atoms with Crippen molar-refractivity contribution in [2.75, 3.05) is 13.7 Å². The highest BCUT2D eigenvalue weighted by Gasteiger charge is 2.66. The number of aromatic nitrogens is 1. The van der Waals surface area contributed by atoms with Gasteiger partial charge in [0, 0.05) is 37.3 Å². The maximum Gasteiger partial charge on any atom is 0.205 e. The Balaban J connectivity index is 1.82. The molecule has 1 aromatic heterocycles. The second kappa shape index (κ2) is 6.22. The lowest BCUT2D eigenvalue weighted by Crippen LogP contribution is -2.35. The molecule has 2 aliphatic rings. The van der Waals surface area contributed by atoms with Gasteiger partial charge in [-0.25, -0.2) is 0 Å². The normalized spacial score (nSPS) is 26.8. The first-order chi connectivity index (χ1) is 14.4. The van der Waals surface area contributed by atoms with Crippen LogP contribution in [0.5, 0.6) is 11.8 Å². The molecule has 30 heavy (non-hydrogen) atoms. The van der Waals surface area contributed by atoms with E-state index in [9.17, 15) is 20.6 Å². The Labute approximate surface area is 173 Å². The van der Waals surface area contributed by atoms with E-state index in [4.69, 9.17) is 9.47 Å². The van der Waals surface area contributed by atoms with E-state index in [1.54, 1.807) is 19.2 Å². The molecule has 0 spiro atoms. The molecule has 3 atom stereocenters. The lowest BCUT2D eigenvalue weighted by molar-refractivity contribution is -0.113. The summed E-state index contributed by atoms with van der Waals surface area (Å²) in [5.74, 6) is -0.245. The van der Waals surface area contributed by atoms with Gasteiger partial charge in [-0.2, -0.15) is 5.26 Å². The quantitative estimate of drug-likeness (QED) is 0.614. The molecule has 0 saturated carbocycles. The van der Waals surface area contributed by atoms with E-state index in [2.05, 4.69) is 6.07 Å². The van der Waals surface area contributed by atoms with Crippen LogP contribution in [0.2, 0.25) is 0 Å². The average molecular weight is 406 g/mol. The van der Waals surface area contributed by atoms with Crippen LogP contribution in [-0.4, -0.2) is 39.7 Å². The predicted octanol–water partition coefficient (Wildman–Crippen LogP) is 3.16. The maximum absolute atomic E-state index is 11.3. The van der Waals surface area contributed by atoms with Gasteiger partial charge >= 0.3 is 0 Å². The highest BCUT2D eigenvalue weighted by molar-refractivity contribution is 5.95. The van der Waals surface area contributed by atoms with Gasteiger partial charge in [0.05, 0.1) is 34.6 Å². The van der Waals surface area contributed by atoms with E-state index >= 15 is 0 Å².